The molecule has 0 bridgehead atoms. The van der Waals surface area contributed by atoms with E-state index >= 15 is 4.39 Å². The zero-order valence-corrected chi connectivity index (χ0v) is 29.9. The van der Waals surface area contributed by atoms with Gasteiger partial charge in [-0.2, -0.15) is 18.9 Å². The number of amides is 1. The molecule has 263 valence electrons. The first kappa shape index (κ1) is 32.9. The quantitative estimate of drug-likeness (QED) is 0.201. The molecule has 2 saturated heterocycles. The van der Waals surface area contributed by atoms with Gasteiger partial charge in [-0.15, -0.1) is 23.8 Å². The summed E-state index contributed by atoms with van der Waals surface area (Å²) in [6.45, 7) is 10.1. The fourth-order valence-electron chi connectivity index (χ4n) is 8.15. The van der Waals surface area contributed by atoms with Crippen molar-refractivity contribution in [1.29, 1.82) is 0 Å². The zero-order valence-electron chi connectivity index (χ0n) is 28.0. The molecule has 1 saturated carbocycles. The number of nitrogens with zero attached hydrogens (tertiary/aromatic N) is 6. The van der Waals surface area contributed by atoms with Crippen molar-refractivity contribution in [3.8, 4) is 11.4 Å². The Morgan fingerprint density at radius 2 is 1.84 bits per heavy atom. The number of imidazole rings is 1. The predicted molar refractivity (Wildman–Crippen MR) is 193 cm³/mol. The monoisotopic (exact) mass is 747 g/mol. The van der Waals surface area contributed by atoms with Crippen molar-refractivity contribution >= 4 is 51.3 Å². The van der Waals surface area contributed by atoms with E-state index in [1.165, 1.54) is 46.2 Å². The van der Waals surface area contributed by atoms with Crippen molar-refractivity contribution < 1.29 is 30.7 Å². The number of ether oxygens (including phenoxy) is 1. The van der Waals surface area contributed by atoms with E-state index in [0.717, 1.165) is 82.1 Å². The molecule has 13 heteroatoms. The standard InChI is InChI=1S/C38H37FN8O2S.Co/c1-21-28(16-23(39)17-30(21)47-31-15-22(31)14-29-27-4-2-3-5-32(27)50-34(29)38(47)48)35-43-36-33(40-20-41-36)37(44-35)42-24-6-8-25(9-7-24)45-10-12-46(13-11-45)26-18-49-19-26;/h6-9,16-17,20,26,31H,1-5,10-15,18-19H2,(H2,40,41,42,43,44);/q-2;+2. The average molecular weight is 748 g/mol. The van der Waals surface area contributed by atoms with E-state index in [2.05, 4.69) is 44.1 Å². The maximum Gasteiger partial charge on any atom is 2.00 e. The molecule has 1 radical (unpaired) electrons. The maximum absolute atomic E-state index is 15.6. The number of H-pyrrole nitrogens is 1. The number of anilines is 4. The first-order chi connectivity index (χ1) is 24.5. The van der Waals surface area contributed by atoms with E-state index in [9.17, 15) is 4.79 Å². The first-order valence-electron chi connectivity index (χ1n) is 17.6. The third-order valence-electron chi connectivity index (χ3n) is 11.1. The topological polar surface area (TPSA) is 103 Å². The van der Waals surface area contributed by atoms with Gasteiger partial charge in [0.2, 0.25) is 0 Å². The Bertz CT molecular complexity index is 2140. The summed E-state index contributed by atoms with van der Waals surface area (Å²) in [5.74, 6) is 1.62. The number of nitrogens with one attached hydrogen (secondary N) is 2. The Hall–Kier alpha value is -4.01. The second-order valence-corrected chi connectivity index (χ2v) is 15.2. The van der Waals surface area contributed by atoms with Crippen LogP contribution >= 0.6 is 11.3 Å². The number of thiophene rings is 1. The molecule has 0 spiro atoms. The number of carbonyl (C=O) groups is 1. The third kappa shape index (κ3) is 5.70. The maximum atomic E-state index is 15.6. The Morgan fingerprint density at radius 3 is 2.63 bits per heavy atom. The number of fused-ring (bicyclic) bond motifs is 5. The number of piperazine rings is 1. The molecular weight excluding hydrogens is 710 g/mol. The van der Waals surface area contributed by atoms with Gasteiger partial charge in [0, 0.05) is 42.4 Å². The number of halogens is 1. The molecule has 3 fully saturated rings. The molecule has 10 nitrogen and oxygen atoms in total. The number of hydrogen-bond acceptors (Lipinski definition) is 9. The van der Waals surface area contributed by atoms with Gasteiger partial charge in [0.05, 0.1) is 30.5 Å². The van der Waals surface area contributed by atoms with Crippen LogP contribution in [0.5, 0.6) is 0 Å². The van der Waals surface area contributed by atoms with Gasteiger partial charge in [0.15, 0.2) is 11.5 Å². The van der Waals surface area contributed by atoms with Crippen molar-refractivity contribution in [3.05, 3.63) is 87.8 Å². The number of aromatic amines is 1. The third-order valence-corrected chi connectivity index (χ3v) is 12.4. The van der Waals surface area contributed by atoms with Crippen LogP contribution in [-0.4, -0.2) is 82.2 Å². The van der Waals surface area contributed by atoms with Crippen molar-refractivity contribution in [1.82, 2.24) is 24.8 Å². The molecule has 2 N–H and O–H groups in total. The van der Waals surface area contributed by atoms with E-state index in [1.807, 2.05) is 12.1 Å². The SMILES string of the molecule is [CH2-]c1c(-c2nc(Nc3ccc(N4CCN(C5COC5)CC4)cc3)c3[nH]cnc3n2)cc(F)cc1N1C(=O)c2sc3c(c2C[C-]2CC21)CCCC3.[Co+2]. The van der Waals surface area contributed by atoms with Crippen LogP contribution in [0.15, 0.2) is 42.7 Å². The van der Waals surface area contributed by atoms with Crippen LogP contribution in [0.1, 0.15) is 50.5 Å². The number of hydrogen-bond donors (Lipinski definition) is 2. The van der Waals surface area contributed by atoms with Crippen LogP contribution in [0.25, 0.3) is 22.6 Å². The van der Waals surface area contributed by atoms with E-state index in [1.54, 1.807) is 22.6 Å². The van der Waals surface area contributed by atoms with Gasteiger partial charge >= 0.3 is 16.8 Å². The predicted octanol–water partition coefficient (Wildman–Crippen LogP) is 6.09. The molecule has 2 aromatic carbocycles. The molecule has 1 unspecified atom stereocenters. The van der Waals surface area contributed by atoms with Crippen LogP contribution in [0.2, 0.25) is 0 Å². The minimum Gasteiger partial charge on any atom is -0.389 e. The molecule has 1 amide bonds. The van der Waals surface area contributed by atoms with Crippen molar-refractivity contribution in [2.45, 2.75) is 50.6 Å². The summed E-state index contributed by atoms with van der Waals surface area (Å²) >= 11 is 1.64. The average Bonchev–Trinajstić information content (AvgIpc) is 3.53. The Balaban J connectivity index is 0.00000348. The van der Waals surface area contributed by atoms with Crippen LogP contribution in [0.4, 0.5) is 27.3 Å². The second kappa shape index (κ2) is 12.9. The van der Waals surface area contributed by atoms with Crippen LogP contribution < -0.4 is 15.1 Å². The summed E-state index contributed by atoms with van der Waals surface area (Å²) in [5, 5.41) is 3.44. The van der Waals surface area contributed by atoms with E-state index in [-0.39, 0.29) is 28.7 Å². The van der Waals surface area contributed by atoms with Crippen LogP contribution in [0, 0.1) is 18.7 Å². The minimum atomic E-state index is -0.468. The van der Waals surface area contributed by atoms with E-state index in [4.69, 9.17) is 14.7 Å². The summed E-state index contributed by atoms with van der Waals surface area (Å²) in [7, 11) is 0. The summed E-state index contributed by atoms with van der Waals surface area (Å²) < 4.78 is 21.0. The molecule has 6 heterocycles. The van der Waals surface area contributed by atoms with Crippen LogP contribution in [0.3, 0.4) is 0 Å². The Morgan fingerprint density at radius 1 is 1.04 bits per heavy atom. The number of benzene rings is 2. The molecule has 51 heavy (non-hydrogen) atoms. The van der Waals surface area contributed by atoms with Crippen molar-refractivity contribution in [2.75, 3.05) is 54.5 Å². The summed E-state index contributed by atoms with van der Waals surface area (Å²) in [6, 6.07) is 11.7. The zero-order chi connectivity index (χ0) is 33.5. The van der Waals surface area contributed by atoms with E-state index < -0.39 is 5.82 Å². The van der Waals surface area contributed by atoms with Gasteiger partial charge in [-0.25, -0.2) is 19.3 Å². The largest absolute Gasteiger partial charge is 2.00 e. The fraction of sp³-hybridized carbons (Fsp3) is 0.368. The van der Waals surface area contributed by atoms with Crippen LogP contribution in [-0.2, 0) is 40.8 Å². The molecule has 1 atom stereocenters. The van der Waals surface area contributed by atoms with Crippen molar-refractivity contribution in [3.63, 3.8) is 0 Å². The molecule has 2 aliphatic carbocycles. The van der Waals surface area contributed by atoms with Gasteiger partial charge < -0.3 is 24.8 Å². The number of aryl methyl sites for hydroxylation is 1. The minimum absolute atomic E-state index is 0. The number of aromatic nitrogens is 4. The van der Waals surface area contributed by atoms with Gasteiger partial charge in [-0.05, 0) is 55.5 Å². The van der Waals surface area contributed by atoms with E-state index in [0.29, 0.717) is 45.7 Å². The number of carbonyl (C=O) groups excluding carboxylic acids is 1. The normalized spacial score (nSPS) is 20.6. The van der Waals surface area contributed by atoms with Gasteiger partial charge in [0.1, 0.15) is 17.2 Å². The first-order valence-corrected chi connectivity index (χ1v) is 18.4. The molecule has 5 aliphatic rings. The summed E-state index contributed by atoms with van der Waals surface area (Å²) in [4.78, 5) is 40.4. The van der Waals surface area contributed by atoms with Gasteiger partial charge in [0.25, 0.3) is 5.91 Å². The second-order valence-electron chi connectivity index (χ2n) is 14.1. The molecule has 3 aromatic heterocycles. The Labute approximate surface area is 310 Å². The molecule has 5 aromatic rings. The summed E-state index contributed by atoms with van der Waals surface area (Å²) in [6.07, 6.45) is 7.65. The smallest absolute Gasteiger partial charge is 0.389 e. The molecule has 10 rings (SSSR count). The summed E-state index contributed by atoms with van der Waals surface area (Å²) in [5.41, 5.74) is 7.14. The molecule has 3 aliphatic heterocycles. The fourth-order valence-corrected chi connectivity index (χ4v) is 9.50. The molecular formula is C38H37CoFN8O2S. The van der Waals surface area contributed by atoms with Gasteiger partial charge in [-0.1, -0.05) is 28.9 Å². The van der Waals surface area contributed by atoms with Crippen molar-refractivity contribution in [2.24, 2.45) is 0 Å². The van der Waals surface area contributed by atoms with Gasteiger partial charge in [-0.3, -0.25) is 15.6 Å². The Kier molecular flexibility index (Phi) is 8.30. The number of rotatable bonds is 6.